The quantitative estimate of drug-likeness (QED) is 0.804. The fourth-order valence-corrected chi connectivity index (χ4v) is 3.25. The Hall–Kier alpha value is -0.610. The molecular weight excluding hydrogens is 216 g/mol. The Morgan fingerprint density at radius 2 is 2.35 bits per heavy atom. The molecule has 0 aromatic rings. The van der Waals surface area contributed by atoms with Crippen LogP contribution in [0.25, 0.3) is 0 Å². The fourth-order valence-electron chi connectivity index (χ4n) is 3.25. The largest absolute Gasteiger partial charge is 0.376 e. The molecule has 3 rings (SSSR count). The first kappa shape index (κ1) is 11.5. The van der Waals surface area contributed by atoms with E-state index in [-0.39, 0.29) is 23.9 Å². The number of rotatable bonds is 3. The van der Waals surface area contributed by atoms with Gasteiger partial charge in [-0.2, -0.15) is 0 Å². The van der Waals surface area contributed by atoms with Crippen LogP contribution in [0.15, 0.2) is 0 Å². The Labute approximate surface area is 103 Å². The molecule has 3 unspecified atom stereocenters. The summed E-state index contributed by atoms with van der Waals surface area (Å²) in [6.45, 7) is 5.13. The highest BCUT2D eigenvalue weighted by Crippen LogP contribution is 2.43. The highest BCUT2D eigenvalue weighted by molar-refractivity contribution is 5.92. The smallest absolute Gasteiger partial charge is 0.244 e. The number of nitrogens with zero attached hydrogens (tertiary/aromatic N) is 1. The van der Waals surface area contributed by atoms with E-state index in [2.05, 4.69) is 24.1 Å². The van der Waals surface area contributed by atoms with Gasteiger partial charge in [0.15, 0.2) is 0 Å². The number of nitrogens with one attached hydrogen (secondary N) is 1. The van der Waals surface area contributed by atoms with Gasteiger partial charge in [0.05, 0.1) is 23.9 Å². The molecule has 3 atom stereocenters. The Morgan fingerprint density at radius 3 is 2.88 bits per heavy atom. The SMILES string of the molecule is CCC1NC2(CC2)C(=O)N1C(C)C1CCCO1. The van der Waals surface area contributed by atoms with Crippen LogP contribution in [0.3, 0.4) is 0 Å². The van der Waals surface area contributed by atoms with Gasteiger partial charge in [-0.1, -0.05) is 6.92 Å². The molecule has 0 bridgehead atoms. The number of hydrogen-bond acceptors (Lipinski definition) is 3. The minimum absolute atomic E-state index is 0.187. The van der Waals surface area contributed by atoms with Gasteiger partial charge in [-0.05, 0) is 39.0 Å². The number of ether oxygens (including phenoxy) is 1. The first-order valence-electron chi connectivity index (χ1n) is 6.90. The number of carbonyl (C=O) groups excluding carboxylic acids is 1. The number of amides is 1. The van der Waals surface area contributed by atoms with Gasteiger partial charge in [0.2, 0.25) is 5.91 Å². The second kappa shape index (κ2) is 3.95. The molecule has 0 aromatic carbocycles. The van der Waals surface area contributed by atoms with Crippen LogP contribution in [0.4, 0.5) is 0 Å². The molecule has 1 amide bonds. The highest BCUT2D eigenvalue weighted by Gasteiger charge is 2.60. The molecule has 4 heteroatoms. The van der Waals surface area contributed by atoms with E-state index in [0.717, 1.165) is 38.7 Å². The molecule has 1 spiro atoms. The van der Waals surface area contributed by atoms with Crippen molar-refractivity contribution < 1.29 is 9.53 Å². The van der Waals surface area contributed by atoms with Gasteiger partial charge in [-0.3, -0.25) is 10.1 Å². The molecule has 4 nitrogen and oxygen atoms in total. The van der Waals surface area contributed by atoms with Crippen LogP contribution in [0.1, 0.15) is 46.0 Å². The van der Waals surface area contributed by atoms with E-state index < -0.39 is 0 Å². The normalized spacial score (nSPS) is 36.8. The molecule has 1 saturated carbocycles. The molecule has 2 saturated heterocycles. The van der Waals surface area contributed by atoms with Crippen LogP contribution in [-0.2, 0) is 9.53 Å². The van der Waals surface area contributed by atoms with E-state index in [0.29, 0.717) is 5.91 Å². The lowest BCUT2D eigenvalue weighted by molar-refractivity contribution is -0.135. The Balaban J connectivity index is 1.77. The zero-order valence-corrected chi connectivity index (χ0v) is 10.7. The van der Waals surface area contributed by atoms with E-state index >= 15 is 0 Å². The molecular formula is C13H22N2O2. The third-order valence-corrected chi connectivity index (χ3v) is 4.50. The fraction of sp³-hybridized carbons (Fsp3) is 0.923. The van der Waals surface area contributed by atoms with Crippen molar-refractivity contribution >= 4 is 5.91 Å². The van der Waals surface area contributed by atoms with Gasteiger partial charge in [0, 0.05) is 6.61 Å². The first-order valence-corrected chi connectivity index (χ1v) is 6.90. The monoisotopic (exact) mass is 238 g/mol. The lowest BCUT2D eigenvalue weighted by Crippen LogP contribution is -2.48. The predicted molar refractivity (Wildman–Crippen MR) is 64.5 cm³/mol. The average molecular weight is 238 g/mol. The van der Waals surface area contributed by atoms with Crippen molar-refractivity contribution in [3.8, 4) is 0 Å². The summed E-state index contributed by atoms with van der Waals surface area (Å²) in [7, 11) is 0. The molecule has 96 valence electrons. The zero-order valence-electron chi connectivity index (χ0n) is 10.7. The van der Waals surface area contributed by atoms with Gasteiger partial charge < -0.3 is 9.64 Å². The van der Waals surface area contributed by atoms with Gasteiger partial charge in [0.1, 0.15) is 0 Å². The summed E-state index contributed by atoms with van der Waals surface area (Å²) >= 11 is 0. The molecule has 17 heavy (non-hydrogen) atoms. The lowest BCUT2D eigenvalue weighted by atomic mass is 10.1. The summed E-state index contributed by atoms with van der Waals surface area (Å²) in [5.74, 6) is 0.312. The Kier molecular flexibility index (Phi) is 2.67. The molecule has 2 heterocycles. The molecule has 0 aromatic heterocycles. The van der Waals surface area contributed by atoms with Crippen molar-refractivity contribution in [2.75, 3.05) is 6.61 Å². The van der Waals surface area contributed by atoms with Crippen LogP contribution < -0.4 is 5.32 Å². The molecule has 3 aliphatic rings. The van der Waals surface area contributed by atoms with Crippen LogP contribution in [0.2, 0.25) is 0 Å². The summed E-state index contributed by atoms with van der Waals surface area (Å²) in [6, 6.07) is 0.211. The van der Waals surface area contributed by atoms with Crippen LogP contribution in [-0.4, -0.2) is 41.3 Å². The third kappa shape index (κ3) is 1.69. The van der Waals surface area contributed by atoms with E-state index in [9.17, 15) is 4.79 Å². The van der Waals surface area contributed by atoms with E-state index in [1.165, 1.54) is 0 Å². The van der Waals surface area contributed by atoms with Gasteiger partial charge >= 0.3 is 0 Å². The summed E-state index contributed by atoms with van der Waals surface area (Å²) in [5, 5.41) is 3.52. The maximum absolute atomic E-state index is 12.5. The Bertz CT molecular complexity index is 321. The minimum atomic E-state index is -0.187. The second-order valence-electron chi connectivity index (χ2n) is 5.65. The summed E-state index contributed by atoms with van der Waals surface area (Å²) < 4.78 is 5.74. The third-order valence-electron chi connectivity index (χ3n) is 4.50. The van der Waals surface area contributed by atoms with Crippen molar-refractivity contribution in [1.29, 1.82) is 0 Å². The topological polar surface area (TPSA) is 41.6 Å². The van der Waals surface area contributed by atoms with E-state index in [4.69, 9.17) is 4.74 Å². The van der Waals surface area contributed by atoms with Gasteiger partial charge in [0.25, 0.3) is 0 Å². The first-order chi connectivity index (χ1) is 8.18. The van der Waals surface area contributed by atoms with Crippen molar-refractivity contribution in [3.63, 3.8) is 0 Å². The van der Waals surface area contributed by atoms with Gasteiger partial charge in [-0.15, -0.1) is 0 Å². The van der Waals surface area contributed by atoms with Gasteiger partial charge in [-0.25, -0.2) is 0 Å². The summed E-state index contributed by atoms with van der Waals surface area (Å²) in [5.41, 5.74) is -0.187. The van der Waals surface area contributed by atoms with Crippen LogP contribution in [0.5, 0.6) is 0 Å². The van der Waals surface area contributed by atoms with Crippen LogP contribution >= 0.6 is 0 Å². The van der Waals surface area contributed by atoms with Crippen molar-refractivity contribution in [3.05, 3.63) is 0 Å². The summed E-state index contributed by atoms with van der Waals surface area (Å²) in [4.78, 5) is 14.5. The van der Waals surface area contributed by atoms with Crippen molar-refractivity contribution in [2.24, 2.45) is 0 Å². The Morgan fingerprint density at radius 1 is 1.59 bits per heavy atom. The molecule has 2 aliphatic heterocycles. The van der Waals surface area contributed by atoms with Crippen molar-refractivity contribution in [1.82, 2.24) is 10.2 Å². The molecule has 1 N–H and O–H groups in total. The van der Waals surface area contributed by atoms with E-state index in [1.807, 2.05) is 0 Å². The number of hydrogen-bond donors (Lipinski definition) is 1. The van der Waals surface area contributed by atoms with Crippen molar-refractivity contribution in [2.45, 2.75) is 69.8 Å². The molecule has 3 fully saturated rings. The molecule has 0 radical (unpaired) electrons. The predicted octanol–water partition coefficient (Wildman–Crippen LogP) is 1.25. The second-order valence-corrected chi connectivity index (χ2v) is 5.65. The maximum atomic E-state index is 12.5. The van der Waals surface area contributed by atoms with E-state index in [1.54, 1.807) is 0 Å². The number of carbonyl (C=O) groups is 1. The highest BCUT2D eigenvalue weighted by atomic mass is 16.5. The average Bonchev–Trinajstić information content (AvgIpc) is 2.81. The zero-order chi connectivity index (χ0) is 12.0. The van der Waals surface area contributed by atoms with Crippen LogP contribution in [0, 0.1) is 0 Å². The standard InChI is InChI=1S/C13H22N2O2/c1-3-11-14-13(6-7-13)12(16)15(11)9(2)10-5-4-8-17-10/h9-11,14H,3-8H2,1-2H3. The maximum Gasteiger partial charge on any atom is 0.244 e. The molecule has 1 aliphatic carbocycles. The summed E-state index contributed by atoms with van der Waals surface area (Å²) in [6.07, 6.45) is 5.67. The minimum Gasteiger partial charge on any atom is -0.376 e. The lowest BCUT2D eigenvalue weighted by Gasteiger charge is -2.33.